The van der Waals surface area contributed by atoms with Gasteiger partial charge in [0, 0.05) is 17.1 Å². The Labute approximate surface area is 117 Å². The third kappa shape index (κ3) is 5.88. The molecule has 102 valence electrons. The predicted molar refractivity (Wildman–Crippen MR) is 81.2 cm³/mol. The first-order chi connectivity index (χ1) is 8.63. The first-order valence-electron chi connectivity index (χ1n) is 7.15. The van der Waals surface area contributed by atoms with Crippen LogP contribution in [0.15, 0.2) is 24.3 Å². The zero-order valence-electron chi connectivity index (χ0n) is 11.9. The molecule has 0 bridgehead atoms. The topological polar surface area (TPSA) is 12.0 Å². The molecule has 0 radical (unpaired) electrons. The van der Waals surface area contributed by atoms with E-state index >= 15 is 0 Å². The Morgan fingerprint density at radius 3 is 2.33 bits per heavy atom. The maximum absolute atomic E-state index is 5.90. The second-order valence-corrected chi connectivity index (χ2v) is 5.63. The van der Waals surface area contributed by atoms with Gasteiger partial charge in [0.05, 0.1) is 0 Å². The van der Waals surface area contributed by atoms with Gasteiger partial charge >= 0.3 is 0 Å². The minimum Gasteiger partial charge on any atom is -0.308 e. The van der Waals surface area contributed by atoms with Crippen LogP contribution in [0, 0.1) is 0 Å². The van der Waals surface area contributed by atoms with Crippen LogP contribution in [-0.2, 0) is 0 Å². The van der Waals surface area contributed by atoms with E-state index in [1.54, 1.807) is 0 Å². The Kier molecular flexibility index (Phi) is 7.38. The molecule has 2 heteroatoms. The molecule has 0 heterocycles. The molecule has 0 saturated heterocycles. The summed E-state index contributed by atoms with van der Waals surface area (Å²) in [6.07, 6.45) is 6.62. The summed E-state index contributed by atoms with van der Waals surface area (Å²) in [6, 6.07) is 9.09. The van der Waals surface area contributed by atoms with Crippen LogP contribution in [0.1, 0.15) is 64.5 Å². The van der Waals surface area contributed by atoms with Crippen LogP contribution in [0.5, 0.6) is 0 Å². The van der Waals surface area contributed by atoms with E-state index in [2.05, 4.69) is 38.2 Å². The van der Waals surface area contributed by atoms with Crippen molar-refractivity contribution in [2.45, 2.75) is 65.0 Å². The SMILES string of the molecule is CCCCCCC(C)NC(C)c1ccc(Cl)cc1. The van der Waals surface area contributed by atoms with E-state index < -0.39 is 0 Å². The molecule has 0 aromatic heterocycles. The third-order valence-corrected chi connectivity index (χ3v) is 3.65. The molecule has 1 aromatic rings. The van der Waals surface area contributed by atoms with Gasteiger partial charge in [-0.25, -0.2) is 0 Å². The summed E-state index contributed by atoms with van der Waals surface area (Å²) < 4.78 is 0. The van der Waals surface area contributed by atoms with E-state index in [4.69, 9.17) is 11.6 Å². The average molecular weight is 268 g/mol. The standard InChI is InChI=1S/C16H26ClN/c1-4-5-6-7-8-13(2)18-14(3)15-9-11-16(17)12-10-15/h9-14,18H,4-8H2,1-3H3. The van der Waals surface area contributed by atoms with Crippen molar-refractivity contribution in [3.63, 3.8) is 0 Å². The van der Waals surface area contributed by atoms with E-state index in [-0.39, 0.29) is 0 Å². The summed E-state index contributed by atoms with van der Waals surface area (Å²) in [6.45, 7) is 6.74. The van der Waals surface area contributed by atoms with Gasteiger partial charge in [0.15, 0.2) is 0 Å². The summed E-state index contributed by atoms with van der Waals surface area (Å²) in [5.74, 6) is 0. The van der Waals surface area contributed by atoms with Crippen molar-refractivity contribution in [2.24, 2.45) is 0 Å². The van der Waals surface area contributed by atoms with Crippen molar-refractivity contribution in [1.29, 1.82) is 0 Å². The van der Waals surface area contributed by atoms with Crippen LogP contribution in [0.4, 0.5) is 0 Å². The second-order valence-electron chi connectivity index (χ2n) is 5.19. The zero-order valence-corrected chi connectivity index (χ0v) is 12.6. The number of benzene rings is 1. The molecule has 0 fully saturated rings. The third-order valence-electron chi connectivity index (χ3n) is 3.40. The Bertz CT molecular complexity index is 320. The Hall–Kier alpha value is -0.530. The van der Waals surface area contributed by atoms with E-state index in [0.29, 0.717) is 12.1 Å². The van der Waals surface area contributed by atoms with Gasteiger partial charge < -0.3 is 5.32 Å². The molecule has 0 spiro atoms. The first-order valence-corrected chi connectivity index (χ1v) is 7.52. The largest absolute Gasteiger partial charge is 0.308 e. The van der Waals surface area contributed by atoms with E-state index in [1.807, 2.05) is 12.1 Å². The highest BCUT2D eigenvalue weighted by molar-refractivity contribution is 6.30. The molecule has 1 N–H and O–H groups in total. The molecule has 0 aliphatic rings. The average Bonchev–Trinajstić information content (AvgIpc) is 2.35. The van der Waals surface area contributed by atoms with Gasteiger partial charge in [0.2, 0.25) is 0 Å². The molecule has 0 aliphatic carbocycles. The van der Waals surface area contributed by atoms with Crippen molar-refractivity contribution in [1.82, 2.24) is 5.32 Å². The summed E-state index contributed by atoms with van der Waals surface area (Å²) in [7, 11) is 0. The lowest BCUT2D eigenvalue weighted by Gasteiger charge is -2.20. The first kappa shape index (κ1) is 15.5. The summed E-state index contributed by atoms with van der Waals surface area (Å²) in [4.78, 5) is 0. The lowest BCUT2D eigenvalue weighted by molar-refractivity contribution is 0.438. The van der Waals surface area contributed by atoms with Crippen molar-refractivity contribution in [3.05, 3.63) is 34.9 Å². The molecule has 18 heavy (non-hydrogen) atoms. The molecular formula is C16H26ClN. The summed E-state index contributed by atoms with van der Waals surface area (Å²) >= 11 is 5.90. The van der Waals surface area contributed by atoms with Gasteiger partial charge in [-0.05, 0) is 38.0 Å². The van der Waals surface area contributed by atoms with Crippen molar-refractivity contribution in [2.75, 3.05) is 0 Å². The molecular weight excluding hydrogens is 242 g/mol. The fraction of sp³-hybridized carbons (Fsp3) is 0.625. The molecule has 0 amide bonds. The number of nitrogens with one attached hydrogen (secondary N) is 1. The smallest absolute Gasteiger partial charge is 0.0406 e. The van der Waals surface area contributed by atoms with Gasteiger partial charge in [-0.2, -0.15) is 0 Å². The van der Waals surface area contributed by atoms with E-state index in [1.165, 1.54) is 37.7 Å². The highest BCUT2D eigenvalue weighted by Crippen LogP contribution is 2.17. The highest BCUT2D eigenvalue weighted by atomic mass is 35.5. The van der Waals surface area contributed by atoms with Crippen LogP contribution < -0.4 is 5.32 Å². The van der Waals surface area contributed by atoms with Crippen LogP contribution in [-0.4, -0.2) is 6.04 Å². The Morgan fingerprint density at radius 1 is 1.06 bits per heavy atom. The fourth-order valence-electron chi connectivity index (χ4n) is 2.24. The van der Waals surface area contributed by atoms with Gasteiger partial charge in [-0.15, -0.1) is 0 Å². The molecule has 1 rings (SSSR count). The van der Waals surface area contributed by atoms with Crippen molar-refractivity contribution in [3.8, 4) is 0 Å². The Balaban J connectivity index is 2.30. The second kappa shape index (κ2) is 8.55. The Morgan fingerprint density at radius 2 is 1.72 bits per heavy atom. The quantitative estimate of drug-likeness (QED) is 0.626. The van der Waals surface area contributed by atoms with Gasteiger partial charge in [-0.3, -0.25) is 0 Å². The van der Waals surface area contributed by atoms with Crippen LogP contribution in [0.3, 0.4) is 0 Å². The highest BCUT2D eigenvalue weighted by Gasteiger charge is 2.08. The summed E-state index contributed by atoms with van der Waals surface area (Å²) in [5.41, 5.74) is 1.31. The molecule has 1 nitrogen and oxygen atoms in total. The number of rotatable bonds is 8. The fourth-order valence-corrected chi connectivity index (χ4v) is 2.36. The minimum atomic E-state index is 0.392. The van der Waals surface area contributed by atoms with Crippen molar-refractivity contribution < 1.29 is 0 Å². The van der Waals surface area contributed by atoms with Crippen LogP contribution in [0.2, 0.25) is 5.02 Å². The molecule has 1 aromatic carbocycles. The normalized spacial score (nSPS) is 14.4. The maximum Gasteiger partial charge on any atom is 0.0406 e. The zero-order chi connectivity index (χ0) is 13.4. The molecule has 0 aliphatic heterocycles. The number of halogens is 1. The molecule has 2 unspecified atom stereocenters. The predicted octanol–water partition coefficient (Wildman–Crippen LogP) is 5.35. The number of hydrogen-bond acceptors (Lipinski definition) is 1. The lowest BCUT2D eigenvalue weighted by atomic mass is 10.0. The van der Waals surface area contributed by atoms with E-state index in [9.17, 15) is 0 Å². The van der Waals surface area contributed by atoms with Gasteiger partial charge in [-0.1, -0.05) is 56.3 Å². The minimum absolute atomic E-state index is 0.392. The monoisotopic (exact) mass is 267 g/mol. The molecule has 0 saturated carbocycles. The number of unbranched alkanes of at least 4 members (excludes halogenated alkanes) is 3. The summed E-state index contributed by atoms with van der Waals surface area (Å²) in [5, 5.41) is 4.45. The van der Waals surface area contributed by atoms with Crippen LogP contribution in [0.25, 0.3) is 0 Å². The van der Waals surface area contributed by atoms with E-state index in [0.717, 1.165) is 5.02 Å². The number of hydrogen-bond donors (Lipinski definition) is 1. The van der Waals surface area contributed by atoms with Gasteiger partial charge in [0.25, 0.3) is 0 Å². The lowest BCUT2D eigenvalue weighted by Crippen LogP contribution is -2.28. The van der Waals surface area contributed by atoms with Crippen LogP contribution >= 0.6 is 11.6 Å². The molecule has 2 atom stereocenters. The van der Waals surface area contributed by atoms with Crippen molar-refractivity contribution >= 4 is 11.6 Å². The van der Waals surface area contributed by atoms with Gasteiger partial charge in [0.1, 0.15) is 0 Å². The maximum atomic E-state index is 5.90.